The Bertz CT molecular complexity index is 431. The van der Waals surface area contributed by atoms with Crippen molar-refractivity contribution in [1.82, 2.24) is 0 Å². The number of benzene rings is 1. The van der Waals surface area contributed by atoms with Crippen LogP contribution in [0.2, 0.25) is 0 Å². The minimum absolute atomic E-state index is 0.144. The van der Waals surface area contributed by atoms with Crippen molar-refractivity contribution in [2.75, 3.05) is 14.2 Å². The fourth-order valence-electron chi connectivity index (χ4n) is 2.16. The number of hydrogen-bond donors (Lipinski definition) is 1. The molecule has 0 aromatic heterocycles. The Morgan fingerprint density at radius 1 is 1.37 bits per heavy atom. The molecule has 1 aromatic carbocycles. The van der Waals surface area contributed by atoms with E-state index in [1.165, 1.54) is 7.11 Å². The molecule has 2 atom stereocenters. The third-order valence-corrected chi connectivity index (χ3v) is 3.18. The predicted octanol–water partition coefficient (Wildman–Crippen LogP) is 2.59. The summed E-state index contributed by atoms with van der Waals surface area (Å²) >= 11 is 0. The number of nitrogens with two attached hydrogens (primary N) is 1. The lowest BCUT2D eigenvalue weighted by Crippen LogP contribution is -2.17. The van der Waals surface area contributed by atoms with Crippen LogP contribution in [0.1, 0.15) is 36.9 Å². The van der Waals surface area contributed by atoms with Gasteiger partial charge in [0.15, 0.2) is 0 Å². The number of carbonyl (C=O) groups excluding carboxylic acids is 1. The summed E-state index contributed by atoms with van der Waals surface area (Å²) in [5.74, 6) is 0.770. The van der Waals surface area contributed by atoms with Gasteiger partial charge in [0.25, 0.3) is 0 Å². The van der Waals surface area contributed by atoms with Crippen LogP contribution in [0.5, 0.6) is 5.75 Å². The molecule has 0 aliphatic heterocycles. The normalized spacial score (nSPS) is 13.7. The highest BCUT2D eigenvalue weighted by molar-refractivity contribution is 5.69. The van der Waals surface area contributed by atoms with Gasteiger partial charge in [0.2, 0.25) is 0 Å². The molecule has 0 aliphatic rings. The lowest BCUT2D eigenvalue weighted by atomic mass is 9.93. The van der Waals surface area contributed by atoms with Crippen LogP contribution >= 0.6 is 0 Å². The second-order valence-corrected chi connectivity index (χ2v) is 4.97. The number of hydrogen-bond acceptors (Lipinski definition) is 4. The zero-order chi connectivity index (χ0) is 14.4. The summed E-state index contributed by atoms with van der Waals surface area (Å²) in [6.07, 6.45) is 1.10. The quantitative estimate of drug-likeness (QED) is 0.803. The smallest absolute Gasteiger partial charge is 0.305 e. The molecule has 4 heteroatoms. The van der Waals surface area contributed by atoms with Gasteiger partial charge in [0, 0.05) is 18.0 Å². The number of ether oxygens (including phenoxy) is 2. The number of esters is 1. The summed E-state index contributed by atoms with van der Waals surface area (Å²) in [6.45, 7) is 4.02. The van der Waals surface area contributed by atoms with E-state index in [1.807, 2.05) is 32.0 Å². The molecule has 1 aromatic rings. The minimum Gasteiger partial charge on any atom is -0.496 e. The first-order valence-electron chi connectivity index (χ1n) is 6.44. The highest BCUT2D eigenvalue weighted by Gasteiger charge is 2.17. The van der Waals surface area contributed by atoms with E-state index in [4.69, 9.17) is 10.5 Å². The fraction of sp³-hybridized carbons (Fsp3) is 0.533. The molecule has 0 aliphatic carbocycles. The first-order valence-corrected chi connectivity index (χ1v) is 6.44. The lowest BCUT2D eigenvalue weighted by Gasteiger charge is -2.19. The van der Waals surface area contributed by atoms with Crippen LogP contribution in [0.3, 0.4) is 0 Å². The Kier molecular flexibility index (Phi) is 5.83. The van der Waals surface area contributed by atoms with E-state index in [0.29, 0.717) is 6.42 Å². The molecular weight excluding hydrogens is 242 g/mol. The van der Waals surface area contributed by atoms with Crippen molar-refractivity contribution in [1.29, 1.82) is 0 Å². The SMILES string of the molecule is COC(=O)CC(C)CC(N)c1cc(C)ccc1OC. The average molecular weight is 265 g/mol. The van der Waals surface area contributed by atoms with Gasteiger partial charge in [-0.2, -0.15) is 0 Å². The highest BCUT2D eigenvalue weighted by atomic mass is 16.5. The zero-order valence-corrected chi connectivity index (χ0v) is 12.1. The Hall–Kier alpha value is -1.55. The molecule has 0 heterocycles. The van der Waals surface area contributed by atoms with E-state index in [-0.39, 0.29) is 17.9 Å². The third kappa shape index (κ3) is 4.56. The van der Waals surface area contributed by atoms with Gasteiger partial charge in [0.1, 0.15) is 5.75 Å². The van der Waals surface area contributed by atoms with Crippen LogP contribution in [0.4, 0.5) is 0 Å². The molecule has 0 amide bonds. The number of aryl methyl sites for hydroxylation is 1. The summed E-state index contributed by atoms with van der Waals surface area (Å²) in [6, 6.07) is 5.81. The summed E-state index contributed by atoms with van der Waals surface area (Å²) in [5.41, 5.74) is 8.36. The second kappa shape index (κ2) is 7.14. The molecule has 4 nitrogen and oxygen atoms in total. The van der Waals surface area contributed by atoms with Crippen molar-refractivity contribution in [2.24, 2.45) is 11.7 Å². The summed E-state index contributed by atoms with van der Waals surface area (Å²) in [5, 5.41) is 0. The van der Waals surface area contributed by atoms with Crippen LogP contribution < -0.4 is 10.5 Å². The van der Waals surface area contributed by atoms with Crippen molar-refractivity contribution < 1.29 is 14.3 Å². The van der Waals surface area contributed by atoms with Crippen molar-refractivity contribution in [3.8, 4) is 5.75 Å². The first kappa shape index (κ1) is 15.5. The van der Waals surface area contributed by atoms with Crippen LogP contribution in [-0.4, -0.2) is 20.2 Å². The van der Waals surface area contributed by atoms with E-state index in [0.717, 1.165) is 23.3 Å². The Labute approximate surface area is 114 Å². The van der Waals surface area contributed by atoms with E-state index in [1.54, 1.807) is 7.11 Å². The summed E-state index contributed by atoms with van der Waals surface area (Å²) in [4.78, 5) is 11.2. The van der Waals surface area contributed by atoms with Crippen LogP contribution in [-0.2, 0) is 9.53 Å². The number of methoxy groups -OCH3 is 2. The molecule has 19 heavy (non-hydrogen) atoms. The third-order valence-electron chi connectivity index (χ3n) is 3.18. The molecule has 0 radical (unpaired) electrons. The Morgan fingerprint density at radius 3 is 2.63 bits per heavy atom. The van der Waals surface area contributed by atoms with E-state index in [2.05, 4.69) is 4.74 Å². The van der Waals surface area contributed by atoms with E-state index >= 15 is 0 Å². The number of carbonyl (C=O) groups is 1. The topological polar surface area (TPSA) is 61.5 Å². The zero-order valence-electron chi connectivity index (χ0n) is 12.1. The minimum atomic E-state index is -0.198. The molecule has 0 saturated heterocycles. The van der Waals surface area contributed by atoms with E-state index < -0.39 is 0 Å². The van der Waals surface area contributed by atoms with Crippen LogP contribution in [0, 0.1) is 12.8 Å². The van der Waals surface area contributed by atoms with Gasteiger partial charge in [0.05, 0.1) is 14.2 Å². The maximum Gasteiger partial charge on any atom is 0.305 e. The maximum absolute atomic E-state index is 11.2. The van der Waals surface area contributed by atoms with Crippen LogP contribution in [0.25, 0.3) is 0 Å². The lowest BCUT2D eigenvalue weighted by molar-refractivity contribution is -0.141. The van der Waals surface area contributed by atoms with Crippen LogP contribution in [0.15, 0.2) is 18.2 Å². The molecule has 1 rings (SSSR count). The van der Waals surface area contributed by atoms with Crippen molar-refractivity contribution >= 4 is 5.97 Å². The Morgan fingerprint density at radius 2 is 2.05 bits per heavy atom. The molecule has 2 unspecified atom stereocenters. The van der Waals surface area contributed by atoms with Gasteiger partial charge in [-0.1, -0.05) is 24.6 Å². The standard InChI is InChI=1S/C15H23NO3/c1-10-5-6-14(18-3)12(7-10)13(16)8-11(2)9-15(17)19-4/h5-7,11,13H,8-9,16H2,1-4H3. The predicted molar refractivity (Wildman–Crippen MR) is 75.1 cm³/mol. The highest BCUT2D eigenvalue weighted by Crippen LogP contribution is 2.29. The van der Waals surface area contributed by atoms with Crippen molar-refractivity contribution in [3.63, 3.8) is 0 Å². The first-order chi connectivity index (χ1) is 8.97. The molecular formula is C15H23NO3. The van der Waals surface area contributed by atoms with Gasteiger partial charge in [-0.05, 0) is 25.3 Å². The van der Waals surface area contributed by atoms with Gasteiger partial charge in [-0.3, -0.25) is 4.79 Å². The monoisotopic (exact) mass is 265 g/mol. The summed E-state index contributed by atoms with van der Waals surface area (Å²) in [7, 11) is 3.04. The van der Waals surface area contributed by atoms with Crippen molar-refractivity contribution in [3.05, 3.63) is 29.3 Å². The summed E-state index contributed by atoms with van der Waals surface area (Å²) < 4.78 is 10.0. The number of rotatable bonds is 6. The van der Waals surface area contributed by atoms with Gasteiger partial charge >= 0.3 is 5.97 Å². The average Bonchev–Trinajstić information content (AvgIpc) is 2.38. The van der Waals surface area contributed by atoms with Gasteiger partial charge in [-0.25, -0.2) is 0 Å². The molecule has 0 spiro atoms. The fourth-order valence-corrected chi connectivity index (χ4v) is 2.16. The van der Waals surface area contributed by atoms with Gasteiger partial charge in [-0.15, -0.1) is 0 Å². The van der Waals surface area contributed by atoms with E-state index in [9.17, 15) is 4.79 Å². The van der Waals surface area contributed by atoms with Crippen molar-refractivity contribution in [2.45, 2.75) is 32.7 Å². The maximum atomic E-state index is 11.2. The molecule has 0 bridgehead atoms. The molecule has 106 valence electrons. The second-order valence-electron chi connectivity index (χ2n) is 4.97. The van der Waals surface area contributed by atoms with Gasteiger partial charge < -0.3 is 15.2 Å². The molecule has 0 fully saturated rings. The Balaban J connectivity index is 2.74. The largest absolute Gasteiger partial charge is 0.496 e. The molecule has 0 saturated carbocycles. The molecule has 2 N–H and O–H groups in total.